The molecule has 1 atom stereocenters. The molecule has 122 valence electrons. The predicted octanol–water partition coefficient (Wildman–Crippen LogP) is 4.37. The maximum atomic E-state index is 14.3. The van der Waals surface area contributed by atoms with E-state index in [-0.39, 0.29) is 28.5 Å². The third-order valence-corrected chi connectivity index (χ3v) is 4.17. The largest absolute Gasteiger partial charge is 0.508 e. The van der Waals surface area contributed by atoms with E-state index >= 15 is 0 Å². The first-order valence-electron chi connectivity index (χ1n) is 6.97. The van der Waals surface area contributed by atoms with Crippen molar-refractivity contribution >= 4 is 34.4 Å². The number of halogens is 3. The number of aromatic hydroxyl groups is 1. The van der Waals surface area contributed by atoms with Crippen LogP contribution in [0.3, 0.4) is 0 Å². The molecule has 1 aliphatic rings. The minimum absolute atomic E-state index is 0. The van der Waals surface area contributed by atoms with Crippen LogP contribution in [0.5, 0.6) is 5.75 Å². The van der Waals surface area contributed by atoms with Gasteiger partial charge in [-0.25, -0.2) is 4.39 Å². The van der Waals surface area contributed by atoms with E-state index in [1.165, 1.54) is 6.07 Å². The van der Waals surface area contributed by atoms with E-state index in [1.54, 1.807) is 30.3 Å². The lowest BCUT2D eigenvalue weighted by Crippen LogP contribution is -2.29. The molecule has 0 aromatic heterocycles. The van der Waals surface area contributed by atoms with E-state index in [0.29, 0.717) is 17.0 Å². The first-order valence-corrected chi connectivity index (χ1v) is 7.35. The van der Waals surface area contributed by atoms with Crippen LogP contribution in [0.25, 0.3) is 0 Å². The average molecular weight is 400 g/mol. The molecule has 0 radical (unpaired) electrons. The number of phenols is 1. The Hall–Kier alpha value is -1.59. The van der Waals surface area contributed by atoms with Crippen LogP contribution >= 0.6 is 28.6 Å². The molecule has 0 spiro atoms. The van der Waals surface area contributed by atoms with Crippen LogP contribution < -0.4 is 0 Å². The highest BCUT2D eigenvalue weighted by molar-refractivity contribution is 8.93. The number of phenolic OH excluding ortho intramolecular Hbond substituents is 1. The molecular weight excluding hydrogens is 383 g/mol. The Morgan fingerprint density at radius 2 is 2.00 bits per heavy atom. The number of fused-ring (bicyclic) bond motifs is 1. The molecule has 6 heteroatoms. The number of nitrogens with zero attached hydrogens (tertiary/aromatic N) is 2. The van der Waals surface area contributed by atoms with E-state index in [0.717, 1.165) is 17.0 Å². The van der Waals surface area contributed by atoms with Gasteiger partial charge in [0.2, 0.25) is 0 Å². The van der Waals surface area contributed by atoms with Crippen molar-refractivity contribution in [3.63, 3.8) is 0 Å². The van der Waals surface area contributed by atoms with Crippen molar-refractivity contribution in [2.24, 2.45) is 4.99 Å². The first kappa shape index (κ1) is 17.8. The van der Waals surface area contributed by atoms with Gasteiger partial charge in [-0.3, -0.25) is 4.99 Å². The quantitative estimate of drug-likeness (QED) is 0.773. The minimum Gasteiger partial charge on any atom is -0.508 e. The minimum atomic E-state index is -0.504. The summed E-state index contributed by atoms with van der Waals surface area (Å²) >= 11 is 6.22. The molecule has 0 saturated carbocycles. The van der Waals surface area contributed by atoms with Crippen LogP contribution in [0.1, 0.15) is 22.7 Å². The normalized spacial score (nSPS) is 16.2. The van der Waals surface area contributed by atoms with Gasteiger partial charge in [0.15, 0.2) is 0 Å². The van der Waals surface area contributed by atoms with E-state index in [2.05, 4.69) is 4.99 Å². The van der Waals surface area contributed by atoms with E-state index in [4.69, 9.17) is 11.6 Å². The predicted molar refractivity (Wildman–Crippen MR) is 96.5 cm³/mol. The molecule has 1 unspecified atom stereocenters. The number of benzene rings is 2. The summed E-state index contributed by atoms with van der Waals surface area (Å²) in [6.07, 6.45) is 0.597. The molecule has 23 heavy (non-hydrogen) atoms. The lowest BCUT2D eigenvalue weighted by molar-refractivity contribution is 0.473. The van der Waals surface area contributed by atoms with Crippen molar-refractivity contribution in [1.82, 2.24) is 4.90 Å². The third-order valence-electron chi connectivity index (χ3n) is 3.84. The van der Waals surface area contributed by atoms with Gasteiger partial charge in [-0.05, 0) is 35.4 Å². The first-order chi connectivity index (χ1) is 10.5. The van der Waals surface area contributed by atoms with Crippen molar-refractivity contribution in [3.8, 4) is 5.75 Å². The Morgan fingerprint density at radius 3 is 2.65 bits per heavy atom. The van der Waals surface area contributed by atoms with Gasteiger partial charge in [0.05, 0.1) is 0 Å². The molecule has 0 bridgehead atoms. The topological polar surface area (TPSA) is 35.8 Å². The molecule has 3 nitrogen and oxygen atoms in total. The second kappa shape index (κ2) is 6.89. The van der Waals surface area contributed by atoms with Gasteiger partial charge in [-0.1, -0.05) is 23.7 Å². The van der Waals surface area contributed by atoms with Crippen molar-refractivity contribution in [3.05, 3.63) is 63.9 Å². The summed E-state index contributed by atoms with van der Waals surface area (Å²) in [5, 5.41) is 10.1. The summed E-state index contributed by atoms with van der Waals surface area (Å²) in [4.78, 5) is 6.58. The molecular formula is C17H17BrClFN2O. The van der Waals surface area contributed by atoms with Gasteiger partial charge in [-0.15, -0.1) is 17.0 Å². The average Bonchev–Trinajstić information content (AvgIpc) is 2.46. The van der Waals surface area contributed by atoms with Crippen molar-refractivity contribution in [2.75, 3.05) is 14.1 Å². The lowest BCUT2D eigenvalue weighted by atomic mass is 9.90. The lowest BCUT2D eigenvalue weighted by Gasteiger charge is -2.28. The second-order valence-corrected chi connectivity index (χ2v) is 5.94. The Bertz CT molecular complexity index is 744. The zero-order valence-corrected chi connectivity index (χ0v) is 15.2. The smallest absolute Gasteiger partial charge is 0.130 e. The molecule has 0 aliphatic carbocycles. The van der Waals surface area contributed by atoms with Gasteiger partial charge in [-0.2, -0.15) is 0 Å². The highest BCUT2D eigenvalue weighted by Crippen LogP contribution is 2.38. The third kappa shape index (κ3) is 3.35. The molecule has 1 heterocycles. The summed E-state index contributed by atoms with van der Waals surface area (Å²) in [6, 6.07) is 9.22. The number of aliphatic imine (C=N–C) groups is 1. The standard InChI is InChI=1S/C17H16ClFN2O.BrH/c1-21(2)15-9-10-8-11(22)6-7-12(10)17(20-15)16-13(18)4-3-5-14(16)19;/h3-8,17,22H,9H2,1-2H3;1H. The molecule has 1 aliphatic heterocycles. The molecule has 1 N–H and O–H groups in total. The number of rotatable bonds is 1. The van der Waals surface area contributed by atoms with Crippen LogP contribution in [-0.2, 0) is 6.42 Å². The van der Waals surface area contributed by atoms with Gasteiger partial charge < -0.3 is 10.0 Å². The van der Waals surface area contributed by atoms with Crippen LogP contribution in [0.4, 0.5) is 4.39 Å². The summed E-state index contributed by atoms with van der Waals surface area (Å²) in [7, 11) is 3.79. The number of hydrogen-bond donors (Lipinski definition) is 1. The zero-order valence-electron chi connectivity index (χ0n) is 12.8. The van der Waals surface area contributed by atoms with Crippen LogP contribution in [0.15, 0.2) is 41.4 Å². The van der Waals surface area contributed by atoms with Crippen molar-refractivity contribution in [2.45, 2.75) is 12.5 Å². The fourth-order valence-electron chi connectivity index (χ4n) is 2.71. The molecule has 0 fully saturated rings. The summed E-state index contributed by atoms with van der Waals surface area (Å²) in [5.41, 5.74) is 2.17. The molecule has 2 aromatic rings. The Kier molecular flexibility index (Phi) is 5.32. The summed E-state index contributed by atoms with van der Waals surface area (Å²) < 4.78 is 14.3. The van der Waals surface area contributed by atoms with Gasteiger partial charge >= 0.3 is 0 Å². The highest BCUT2D eigenvalue weighted by atomic mass is 79.9. The Labute approximate surface area is 150 Å². The summed E-state index contributed by atoms with van der Waals surface area (Å²) in [5.74, 6) is 0.639. The van der Waals surface area contributed by atoms with Crippen molar-refractivity contribution in [1.29, 1.82) is 0 Å². The number of amidine groups is 1. The second-order valence-electron chi connectivity index (χ2n) is 5.54. The van der Waals surface area contributed by atoms with E-state index in [9.17, 15) is 9.50 Å². The van der Waals surface area contributed by atoms with Crippen LogP contribution in [0, 0.1) is 5.82 Å². The molecule has 3 rings (SSSR count). The maximum Gasteiger partial charge on any atom is 0.130 e. The maximum absolute atomic E-state index is 14.3. The van der Waals surface area contributed by atoms with Gasteiger partial charge in [0.25, 0.3) is 0 Å². The zero-order chi connectivity index (χ0) is 15.9. The number of hydrogen-bond acceptors (Lipinski definition) is 3. The van der Waals surface area contributed by atoms with Gasteiger partial charge in [0.1, 0.15) is 23.4 Å². The summed E-state index contributed by atoms with van der Waals surface area (Å²) in [6.45, 7) is 0. The van der Waals surface area contributed by atoms with E-state index in [1.807, 2.05) is 19.0 Å². The molecule has 2 aromatic carbocycles. The van der Waals surface area contributed by atoms with E-state index < -0.39 is 6.04 Å². The highest BCUT2D eigenvalue weighted by Gasteiger charge is 2.28. The fourth-order valence-corrected chi connectivity index (χ4v) is 2.98. The monoisotopic (exact) mass is 398 g/mol. The molecule has 0 amide bonds. The molecule has 0 saturated heterocycles. The Morgan fingerprint density at radius 1 is 1.26 bits per heavy atom. The van der Waals surface area contributed by atoms with Crippen LogP contribution in [-0.4, -0.2) is 29.9 Å². The van der Waals surface area contributed by atoms with Gasteiger partial charge in [0, 0.05) is 31.1 Å². The fraction of sp³-hybridized carbons (Fsp3) is 0.235. The van der Waals surface area contributed by atoms with Crippen molar-refractivity contribution < 1.29 is 9.50 Å². The Balaban J connectivity index is 0.00000192. The SMILES string of the molecule is Br.CN(C)C1=NC(c2c(F)cccc2Cl)c2ccc(O)cc2C1. The number of likely N-dealkylation sites (N-methyl/N-ethyl adjacent to an activating group) is 1. The van der Waals surface area contributed by atoms with Crippen LogP contribution in [0.2, 0.25) is 5.02 Å².